The first-order valence-corrected chi connectivity index (χ1v) is 5.67. The molecular weight excluding hydrogens is 146 g/mol. The van der Waals surface area contributed by atoms with E-state index in [4.69, 9.17) is 0 Å². The minimum atomic E-state index is 1.07. The Bertz CT molecular complexity index is 119. The Kier molecular flexibility index (Phi) is 3.04. The van der Waals surface area contributed by atoms with E-state index in [9.17, 15) is 0 Å². The molecule has 0 radical (unpaired) electrons. The average Bonchev–Trinajstić information content (AvgIpc) is 2.48. The third-order valence-electron chi connectivity index (χ3n) is 3.69. The van der Waals surface area contributed by atoms with E-state index in [2.05, 4.69) is 5.32 Å². The Morgan fingerprint density at radius 3 is 2.17 bits per heavy atom. The summed E-state index contributed by atoms with van der Waals surface area (Å²) in [6, 6.07) is 0. The normalized spacial score (nSPS) is 33.5. The summed E-state index contributed by atoms with van der Waals surface area (Å²) in [5, 5.41) is 3.50. The largest absolute Gasteiger partial charge is 0.317 e. The van der Waals surface area contributed by atoms with Crippen molar-refractivity contribution in [1.29, 1.82) is 0 Å². The van der Waals surface area contributed by atoms with Gasteiger partial charge in [-0.15, -0.1) is 0 Å². The molecule has 1 N–H and O–H groups in total. The van der Waals surface area contributed by atoms with Crippen molar-refractivity contribution >= 4 is 0 Å². The van der Waals surface area contributed by atoms with Crippen LogP contribution in [0.2, 0.25) is 0 Å². The zero-order chi connectivity index (χ0) is 8.23. The Labute approximate surface area is 75.9 Å². The van der Waals surface area contributed by atoms with Crippen LogP contribution in [0.25, 0.3) is 0 Å². The van der Waals surface area contributed by atoms with Crippen LogP contribution in [0.4, 0.5) is 0 Å². The molecule has 1 aliphatic carbocycles. The smallest absolute Gasteiger partial charge is 0.00462 e. The van der Waals surface area contributed by atoms with Crippen molar-refractivity contribution in [3.63, 3.8) is 0 Å². The topological polar surface area (TPSA) is 12.0 Å². The molecule has 1 unspecified atom stereocenters. The SMILES string of the molecule is C1CCC(C2CCCNCC2)C1. The maximum absolute atomic E-state index is 3.50. The maximum atomic E-state index is 3.50. The molecule has 0 amide bonds. The van der Waals surface area contributed by atoms with E-state index in [1.54, 1.807) is 0 Å². The molecule has 1 saturated carbocycles. The first kappa shape index (κ1) is 8.55. The van der Waals surface area contributed by atoms with Crippen molar-refractivity contribution in [2.24, 2.45) is 11.8 Å². The van der Waals surface area contributed by atoms with Crippen LogP contribution >= 0.6 is 0 Å². The quantitative estimate of drug-likeness (QED) is 0.633. The van der Waals surface area contributed by atoms with E-state index in [1.807, 2.05) is 0 Å². The van der Waals surface area contributed by atoms with E-state index in [0.717, 1.165) is 11.8 Å². The first-order chi connectivity index (χ1) is 5.97. The van der Waals surface area contributed by atoms with Crippen molar-refractivity contribution in [1.82, 2.24) is 5.32 Å². The van der Waals surface area contributed by atoms with Crippen molar-refractivity contribution < 1.29 is 0 Å². The zero-order valence-electron chi connectivity index (χ0n) is 8.02. The van der Waals surface area contributed by atoms with Gasteiger partial charge in [0.2, 0.25) is 0 Å². The lowest BCUT2D eigenvalue weighted by Crippen LogP contribution is -2.16. The molecule has 1 atom stereocenters. The van der Waals surface area contributed by atoms with Gasteiger partial charge in [-0.05, 0) is 44.2 Å². The van der Waals surface area contributed by atoms with Crippen LogP contribution in [0.3, 0.4) is 0 Å². The second-order valence-corrected chi connectivity index (χ2v) is 4.49. The Hall–Kier alpha value is -0.0400. The van der Waals surface area contributed by atoms with Crippen LogP contribution in [-0.4, -0.2) is 13.1 Å². The van der Waals surface area contributed by atoms with E-state index in [0.29, 0.717) is 0 Å². The molecule has 12 heavy (non-hydrogen) atoms. The molecule has 70 valence electrons. The second kappa shape index (κ2) is 4.27. The van der Waals surface area contributed by atoms with Gasteiger partial charge in [-0.2, -0.15) is 0 Å². The highest BCUT2D eigenvalue weighted by Gasteiger charge is 2.24. The van der Waals surface area contributed by atoms with Crippen LogP contribution in [0, 0.1) is 11.8 Å². The molecule has 0 bridgehead atoms. The molecule has 1 saturated heterocycles. The standard InChI is InChI=1S/C11H21N/c1-2-5-10(4-1)11-6-3-8-12-9-7-11/h10-12H,1-9H2. The molecule has 1 heterocycles. The van der Waals surface area contributed by atoms with Gasteiger partial charge < -0.3 is 5.32 Å². The van der Waals surface area contributed by atoms with E-state index in [-0.39, 0.29) is 0 Å². The van der Waals surface area contributed by atoms with Crippen LogP contribution in [0.1, 0.15) is 44.9 Å². The van der Waals surface area contributed by atoms with Gasteiger partial charge in [0.1, 0.15) is 0 Å². The number of nitrogens with one attached hydrogen (secondary N) is 1. The summed E-state index contributed by atoms with van der Waals surface area (Å²) < 4.78 is 0. The summed E-state index contributed by atoms with van der Waals surface area (Å²) in [7, 11) is 0. The lowest BCUT2D eigenvalue weighted by molar-refractivity contribution is 0.310. The second-order valence-electron chi connectivity index (χ2n) is 4.49. The lowest BCUT2D eigenvalue weighted by atomic mass is 9.85. The van der Waals surface area contributed by atoms with Crippen LogP contribution in [0.5, 0.6) is 0 Å². The molecule has 2 aliphatic rings. The third kappa shape index (κ3) is 2.01. The predicted octanol–water partition coefficient (Wildman–Crippen LogP) is 2.57. The van der Waals surface area contributed by atoms with Gasteiger partial charge in [0.15, 0.2) is 0 Å². The molecule has 0 spiro atoms. The van der Waals surface area contributed by atoms with Gasteiger partial charge in [0, 0.05) is 0 Å². The minimum absolute atomic E-state index is 1.07. The fourth-order valence-corrected chi connectivity index (χ4v) is 2.95. The van der Waals surface area contributed by atoms with Gasteiger partial charge in [0.25, 0.3) is 0 Å². The summed E-state index contributed by atoms with van der Waals surface area (Å²) >= 11 is 0. The van der Waals surface area contributed by atoms with Gasteiger partial charge in [-0.1, -0.05) is 25.7 Å². The van der Waals surface area contributed by atoms with Crippen molar-refractivity contribution in [3.05, 3.63) is 0 Å². The monoisotopic (exact) mass is 167 g/mol. The molecule has 0 aromatic heterocycles. The molecular formula is C11H21N. The number of hydrogen-bond acceptors (Lipinski definition) is 1. The number of hydrogen-bond donors (Lipinski definition) is 1. The van der Waals surface area contributed by atoms with E-state index < -0.39 is 0 Å². The molecule has 1 nitrogen and oxygen atoms in total. The summed E-state index contributed by atoms with van der Waals surface area (Å²) in [6.07, 6.45) is 10.4. The molecule has 0 aromatic carbocycles. The summed E-state index contributed by atoms with van der Waals surface area (Å²) in [5.41, 5.74) is 0. The van der Waals surface area contributed by atoms with Crippen molar-refractivity contribution in [2.45, 2.75) is 44.9 Å². The van der Waals surface area contributed by atoms with Crippen molar-refractivity contribution in [2.75, 3.05) is 13.1 Å². The van der Waals surface area contributed by atoms with Crippen LogP contribution in [0.15, 0.2) is 0 Å². The summed E-state index contributed by atoms with van der Waals surface area (Å²) in [5.74, 6) is 2.17. The predicted molar refractivity (Wildman–Crippen MR) is 52.2 cm³/mol. The fourth-order valence-electron chi connectivity index (χ4n) is 2.95. The Balaban J connectivity index is 1.83. The molecule has 0 aromatic rings. The van der Waals surface area contributed by atoms with Gasteiger partial charge in [0.05, 0.1) is 0 Å². The van der Waals surface area contributed by atoms with Gasteiger partial charge >= 0.3 is 0 Å². The average molecular weight is 167 g/mol. The van der Waals surface area contributed by atoms with Crippen molar-refractivity contribution in [3.8, 4) is 0 Å². The highest BCUT2D eigenvalue weighted by Crippen LogP contribution is 2.35. The maximum Gasteiger partial charge on any atom is -0.00462 e. The highest BCUT2D eigenvalue weighted by atomic mass is 14.8. The fraction of sp³-hybridized carbons (Fsp3) is 1.00. The Morgan fingerprint density at radius 1 is 0.667 bits per heavy atom. The summed E-state index contributed by atoms with van der Waals surface area (Å²) in [6.45, 7) is 2.55. The highest BCUT2D eigenvalue weighted by molar-refractivity contribution is 4.77. The Morgan fingerprint density at radius 2 is 1.33 bits per heavy atom. The van der Waals surface area contributed by atoms with E-state index >= 15 is 0 Å². The molecule has 1 aliphatic heterocycles. The zero-order valence-corrected chi connectivity index (χ0v) is 8.02. The van der Waals surface area contributed by atoms with Gasteiger partial charge in [-0.25, -0.2) is 0 Å². The summed E-state index contributed by atoms with van der Waals surface area (Å²) in [4.78, 5) is 0. The molecule has 2 fully saturated rings. The van der Waals surface area contributed by atoms with E-state index in [1.165, 1.54) is 58.0 Å². The van der Waals surface area contributed by atoms with Crippen LogP contribution in [-0.2, 0) is 0 Å². The third-order valence-corrected chi connectivity index (χ3v) is 3.69. The minimum Gasteiger partial charge on any atom is -0.317 e. The lowest BCUT2D eigenvalue weighted by Gasteiger charge is -2.20. The molecule has 2 rings (SSSR count). The van der Waals surface area contributed by atoms with Crippen LogP contribution < -0.4 is 5.32 Å². The van der Waals surface area contributed by atoms with Gasteiger partial charge in [-0.3, -0.25) is 0 Å². The molecule has 1 heteroatoms. The number of rotatable bonds is 1. The first-order valence-electron chi connectivity index (χ1n) is 5.67.